The van der Waals surface area contributed by atoms with Crippen molar-refractivity contribution in [3.05, 3.63) is 0 Å². The second-order valence-electron chi connectivity index (χ2n) is 4.51. The van der Waals surface area contributed by atoms with Crippen LogP contribution in [0.3, 0.4) is 0 Å². The van der Waals surface area contributed by atoms with Gasteiger partial charge in [-0.15, -0.1) is 0 Å². The number of unbranched alkanes of at least 4 members (excludes halogenated alkanes) is 1. The minimum absolute atomic E-state index is 0.0512. The Morgan fingerprint density at radius 2 is 2.00 bits per heavy atom. The van der Waals surface area contributed by atoms with Gasteiger partial charge < -0.3 is 20.5 Å². The first-order valence-electron chi connectivity index (χ1n) is 6.73. The first kappa shape index (κ1) is 17.4. The van der Waals surface area contributed by atoms with Crippen molar-refractivity contribution in [2.45, 2.75) is 39.2 Å². The van der Waals surface area contributed by atoms with Crippen LogP contribution in [-0.2, 0) is 14.3 Å². The topological polar surface area (TPSA) is 73.6 Å². The van der Waals surface area contributed by atoms with Gasteiger partial charge in [-0.1, -0.05) is 20.3 Å². The van der Waals surface area contributed by atoms with Gasteiger partial charge in [-0.05, 0) is 18.8 Å². The van der Waals surface area contributed by atoms with Crippen molar-refractivity contribution >= 4 is 5.91 Å². The molecule has 2 atom stereocenters. The summed E-state index contributed by atoms with van der Waals surface area (Å²) < 4.78 is 10.2. The summed E-state index contributed by atoms with van der Waals surface area (Å²) in [6, 6.07) is -0.395. The lowest BCUT2D eigenvalue weighted by Crippen LogP contribution is -2.44. The number of hydrogen-bond acceptors (Lipinski definition) is 4. The molecular formula is C13H28N2O3. The fourth-order valence-electron chi connectivity index (χ4n) is 1.42. The molecule has 0 aliphatic rings. The maximum absolute atomic E-state index is 11.6. The highest BCUT2D eigenvalue weighted by molar-refractivity contribution is 5.81. The van der Waals surface area contributed by atoms with E-state index in [2.05, 4.69) is 5.32 Å². The number of nitrogens with one attached hydrogen (secondary N) is 1. The lowest BCUT2D eigenvalue weighted by atomic mass is 9.99. The van der Waals surface area contributed by atoms with Crippen LogP contribution in [-0.4, -0.2) is 45.4 Å². The second kappa shape index (κ2) is 11.4. The van der Waals surface area contributed by atoms with E-state index in [-0.39, 0.29) is 11.8 Å². The summed E-state index contributed by atoms with van der Waals surface area (Å²) in [5.74, 6) is 0.173. The van der Waals surface area contributed by atoms with E-state index >= 15 is 0 Å². The fourth-order valence-corrected chi connectivity index (χ4v) is 1.42. The number of amides is 1. The molecule has 0 fully saturated rings. The molecule has 0 bridgehead atoms. The van der Waals surface area contributed by atoms with E-state index in [4.69, 9.17) is 15.2 Å². The highest BCUT2D eigenvalue weighted by Gasteiger charge is 2.18. The van der Waals surface area contributed by atoms with Crippen LogP contribution in [0.4, 0.5) is 0 Å². The molecule has 18 heavy (non-hydrogen) atoms. The molecule has 0 aromatic heterocycles. The van der Waals surface area contributed by atoms with Gasteiger partial charge in [0.2, 0.25) is 5.91 Å². The van der Waals surface area contributed by atoms with E-state index in [0.29, 0.717) is 26.4 Å². The van der Waals surface area contributed by atoms with Gasteiger partial charge in [-0.2, -0.15) is 0 Å². The molecule has 1 amide bonds. The summed E-state index contributed by atoms with van der Waals surface area (Å²) in [7, 11) is 1.65. The van der Waals surface area contributed by atoms with Gasteiger partial charge in [0.05, 0.1) is 19.3 Å². The summed E-state index contributed by atoms with van der Waals surface area (Å²) in [5, 5.41) is 2.86. The quantitative estimate of drug-likeness (QED) is 0.542. The molecule has 0 saturated heterocycles. The van der Waals surface area contributed by atoms with E-state index in [1.54, 1.807) is 7.11 Å². The Morgan fingerprint density at radius 3 is 2.61 bits per heavy atom. The zero-order valence-corrected chi connectivity index (χ0v) is 11.9. The molecule has 0 aromatic rings. The monoisotopic (exact) mass is 260 g/mol. The Labute approximate surface area is 110 Å². The summed E-state index contributed by atoms with van der Waals surface area (Å²) in [5.41, 5.74) is 5.82. The van der Waals surface area contributed by atoms with Crippen molar-refractivity contribution in [2.75, 3.05) is 33.5 Å². The molecule has 2 unspecified atom stereocenters. The SMILES string of the molecule is CCC(C)C(N)C(=O)NCCCCOCCOC. The number of rotatable bonds is 11. The number of methoxy groups -OCH3 is 1. The van der Waals surface area contributed by atoms with E-state index in [0.717, 1.165) is 19.3 Å². The molecule has 5 heteroatoms. The van der Waals surface area contributed by atoms with Crippen molar-refractivity contribution in [3.63, 3.8) is 0 Å². The Bertz CT molecular complexity index is 212. The smallest absolute Gasteiger partial charge is 0.237 e. The minimum atomic E-state index is -0.395. The van der Waals surface area contributed by atoms with Crippen LogP contribution in [0.2, 0.25) is 0 Å². The number of ether oxygens (including phenoxy) is 2. The molecule has 0 aromatic carbocycles. The van der Waals surface area contributed by atoms with E-state index in [9.17, 15) is 4.79 Å². The Balaban J connectivity index is 3.40. The number of carbonyl (C=O) groups excluding carboxylic acids is 1. The standard InChI is InChI=1S/C13H28N2O3/c1-4-11(2)12(14)13(16)15-7-5-6-8-18-10-9-17-3/h11-12H,4-10,14H2,1-3H3,(H,15,16). The highest BCUT2D eigenvalue weighted by Crippen LogP contribution is 2.04. The van der Waals surface area contributed by atoms with Crippen LogP contribution in [0.1, 0.15) is 33.1 Å². The van der Waals surface area contributed by atoms with Crippen LogP contribution in [0, 0.1) is 5.92 Å². The molecule has 0 aliphatic carbocycles. The van der Waals surface area contributed by atoms with Gasteiger partial charge >= 0.3 is 0 Å². The molecule has 0 radical (unpaired) electrons. The zero-order valence-electron chi connectivity index (χ0n) is 11.9. The molecule has 0 aliphatic heterocycles. The minimum Gasteiger partial charge on any atom is -0.382 e. The summed E-state index contributed by atoms with van der Waals surface area (Å²) in [6.45, 7) is 6.65. The van der Waals surface area contributed by atoms with Gasteiger partial charge in [0.25, 0.3) is 0 Å². The molecule has 0 spiro atoms. The lowest BCUT2D eigenvalue weighted by molar-refractivity contribution is -0.123. The Kier molecular flexibility index (Phi) is 11.0. The van der Waals surface area contributed by atoms with Crippen molar-refractivity contribution in [3.8, 4) is 0 Å². The summed E-state index contributed by atoms with van der Waals surface area (Å²) in [6.07, 6.45) is 2.76. The van der Waals surface area contributed by atoms with E-state index in [1.807, 2.05) is 13.8 Å². The third-order valence-electron chi connectivity index (χ3n) is 3.01. The normalized spacial score (nSPS) is 14.2. The number of nitrogens with two attached hydrogens (primary N) is 1. The van der Waals surface area contributed by atoms with E-state index in [1.165, 1.54) is 0 Å². The molecule has 108 valence electrons. The van der Waals surface area contributed by atoms with Gasteiger partial charge in [0.1, 0.15) is 0 Å². The highest BCUT2D eigenvalue weighted by atomic mass is 16.5. The second-order valence-corrected chi connectivity index (χ2v) is 4.51. The maximum Gasteiger partial charge on any atom is 0.237 e. The Hall–Kier alpha value is -0.650. The molecule has 0 saturated carbocycles. The number of hydrogen-bond donors (Lipinski definition) is 2. The first-order valence-corrected chi connectivity index (χ1v) is 6.73. The van der Waals surface area contributed by atoms with Gasteiger partial charge in [-0.3, -0.25) is 4.79 Å². The van der Waals surface area contributed by atoms with Crippen molar-refractivity contribution in [2.24, 2.45) is 11.7 Å². The summed E-state index contributed by atoms with van der Waals surface area (Å²) in [4.78, 5) is 11.6. The van der Waals surface area contributed by atoms with Gasteiger partial charge in [-0.25, -0.2) is 0 Å². The van der Waals surface area contributed by atoms with E-state index < -0.39 is 6.04 Å². The van der Waals surface area contributed by atoms with Crippen LogP contribution in [0.15, 0.2) is 0 Å². The molecule has 0 rings (SSSR count). The molecular weight excluding hydrogens is 232 g/mol. The third-order valence-corrected chi connectivity index (χ3v) is 3.01. The van der Waals surface area contributed by atoms with Crippen LogP contribution >= 0.6 is 0 Å². The largest absolute Gasteiger partial charge is 0.382 e. The predicted molar refractivity (Wildman–Crippen MR) is 72.4 cm³/mol. The van der Waals surface area contributed by atoms with Gasteiger partial charge in [0.15, 0.2) is 0 Å². The third kappa shape index (κ3) is 8.44. The van der Waals surface area contributed by atoms with Crippen LogP contribution in [0.5, 0.6) is 0 Å². The molecule has 3 N–H and O–H groups in total. The predicted octanol–water partition coefficient (Wildman–Crippen LogP) is 0.919. The average molecular weight is 260 g/mol. The Morgan fingerprint density at radius 1 is 1.28 bits per heavy atom. The van der Waals surface area contributed by atoms with Crippen molar-refractivity contribution in [1.82, 2.24) is 5.32 Å². The average Bonchev–Trinajstić information content (AvgIpc) is 2.39. The van der Waals surface area contributed by atoms with Crippen molar-refractivity contribution < 1.29 is 14.3 Å². The molecule has 5 nitrogen and oxygen atoms in total. The van der Waals surface area contributed by atoms with Crippen LogP contribution < -0.4 is 11.1 Å². The zero-order chi connectivity index (χ0) is 13.8. The molecule has 0 heterocycles. The maximum atomic E-state index is 11.6. The van der Waals surface area contributed by atoms with Crippen molar-refractivity contribution in [1.29, 1.82) is 0 Å². The van der Waals surface area contributed by atoms with Gasteiger partial charge in [0, 0.05) is 20.3 Å². The lowest BCUT2D eigenvalue weighted by Gasteiger charge is -2.17. The van der Waals surface area contributed by atoms with Crippen LogP contribution in [0.25, 0.3) is 0 Å². The summed E-state index contributed by atoms with van der Waals surface area (Å²) >= 11 is 0. The first-order chi connectivity index (χ1) is 8.63. The fraction of sp³-hybridized carbons (Fsp3) is 0.923. The number of carbonyl (C=O) groups is 1.